The molecule has 0 heterocycles. The summed E-state index contributed by atoms with van der Waals surface area (Å²) in [4.78, 5) is 11.7. The first-order valence-electron chi connectivity index (χ1n) is 3.98. The number of rotatable bonds is 1. The average Bonchev–Trinajstić information content (AvgIpc) is 2.15. The van der Waals surface area contributed by atoms with Crippen LogP contribution in [0, 0.1) is 0 Å². The molecule has 0 bridgehead atoms. The van der Waals surface area contributed by atoms with E-state index in [-0.39, 0.29) is 0 Å². The van der Waals surface area contributed by atoms with Crippen LogP contribution in [0.25, 0.3) is 0 Å². The fourth-order valence-corrected chi connectivity index (χ4v) is 0.924. The fraction of sp³-hybridized carbons (Fsp3) is 0.222. The van der Waals surface area contributed by atoms with Crippen molar-refractivity contribution in [3.63, 3.8) is 0 Å². The highest BCUT2D eigenvalue weighted by Gasteiger charge is 2.35. The second-order valence-electron chi connectivity index (χ2n) is 2.71. The van der Waals surface area contributed by atoms with Crippen LogP contribution < -0.4 is 4.90 Å². The Morgan fingerprint density at radius 2 is 1.80 bits per heavy atom. The molecular formula is C9H8F3NO2. The maximum absolute atomic E-state index is 11.7. The normalized spacial score (nSPS) is 10.9. The summed E-state index contributed by atoms with van der Waals surface area (Å²) in [7, 11) is 1.20. The third kappa shape index (κ3) is 3.49. The van der Waals surface area contributed by atoms with Gasteiger partial charge in [0.05, 0.1) is 0 Å². The summed E-state index contributed by atoms with van der Waals surface area (Å²) in [6.45, 7) is 0. The first-order chi connectivity index (χ1) is 6.90. The number of hydrogen-bond donors (Lipinski definition) is 0. The van der Waals surface area contributed by atoms with Gasteiger partial charge in [0.2, 0.25) is 0 Å². The predicted molar refractivity (Wildman–Crippen MR) is 47.4 cm³/mol. The minimum absolute atomic E-state index is 0.326. The Morgan fingerprint density at radius 3 is 2.27 bits per heavy atom. The summed E-state index contributed by atoms with van der Waals surface area (Å²) in [6, 6.07) is 7.89. The van der Waals surface area contributed by atoms with E-state index in [0.29, 0.717) is 5.69 Å². The summed E-state index contributed by atoms with van der Waals surface area (Å²) < 4.78 is 38.4. The average molecular weight is 219 g/mol. The Balaban J connectivity index is 2.70. The molecule has 15 heavy (non-hydrogen) atoms. The van der Waals surface area contributed by atoms with E-state index in [4.69, 9.17) is 0 Å². The van der Waals surface area contributed by atoms with Gasteiger partial charge in [0, 0.05) is 12.7 Å². The van der Waals surface area contributed by atoms with Crippen molar-refractivity contribution >= 4 is 11.8 Å². The Morgan fingerprint density at radius 1 is 1.27 bits per heavy atom. The van der Waals surface area contributed by atoms with Gasteiger partial charge in [-0.1, -0.05) is 18.2 Å². The molecule has 0 radical (unpaired) electrons. The Bertz CT molecular complexity index is 337. The van der Waals surface area contributed by atoms with E-state index in [1.54, 1.807) is 18.2 Å². The van der Waals surface area contributed by atoms with Gasteiger partial charge in [0.1, 0.15) is 0 Å². The third-order valence-corrected chi connectivity index (χ3v) is 1.62. The monoisotopic (exact) mass is 219 g/mol. The number of ether oxygens (including phenoxy) is 1. The lowest BCUT2D eigenvalue weighted by atomic mass is 10.3. The number of carbonyl (C=O) groups is 1. The van der Waals surface area contributed by atoms with Crippen LogP contribution >= 0.6 is 0 Å². The molecule has 0 unspecified atom stereocenters. The van der Waals surface area contributed by atoms with Crippen LogP contribution in [0.15, 0.2) is 30.3 Å². The topological polar surface area (TPSA) is 29.5 Å². The zero-order valence-electron chi connectivity index (χ0n) is 7.78. The lowest BCUT2D eigenvalue weighted by Crippen LogP contribution is -2.32. The second kappa shape index (κ2) is 4.20. The number of amides is 1. The first-order valence-corrected chi connectivity index (χ1v) is 3.98. The SMILES string of the molecule is CN(C(=O)OC(F)(F)F)c1ccccc1. The van der Waals surface area contributed by atoms with E-state index in [1.165, 1.54) is 19.2 Å². The van der Waals surface area contributed by atoms with Gasteiger partial charge in [-0.3, -0.25) is 4.90 Å². The van der Waals surface area contributed by atoms with Gasteiger partial charge >= 0.3 is 12.5 Å². The predicted octanol–water partition coefficient (Wildman–Crippen LogP) is 2.78. The van der Waals surface area contributed by atoms with Crippen LogP contribution in [0.2, 0.25) is 0 Å². The number of halogens is 3. The molecule has 1 amide bonds. The molecule has 0 aromatic heterocycles. The number of para-hydroxylation sites is 1. The molecule has 0 saturated heterocycles. The van der Waals surface area contributed by atoms with Gasteiger partial charge in [-0.15, -0.1) is 13.2 Å². The van der Waals surface area contributed by atoms with Crippen LogP contribution in [0.1, 0.15) is 0 Å². The van der Waals surface area contributed by atoms with Crippen LogP contribution in [0.4, 0.5) is 23.7 Å². The van der Waals surface area contributed by atoms with Crippen molar-refractivity contribution in [2.24, 2.45) is 0 Å². The summed E-state index contributed by atoms with van der Waals surface area (Å²) in [5.41, 5.74) is 0.326. The summed E-state index contributed by atoms with van der Waals surface area (Å²) >= 11 is 0. The molecule has 6 heteroatoms. The molecular weight excluding hydrogens is 211 g/mol. The number of anilines is 1. The van der Waals surface area contributed by atoms with Gasteiger partial charge in [0.15, 0.2) is 0 Å². The van der Waals surface area contributed by atoms with E-state index in [1.807, 2.05) is 0 Å². The molecule has 0 aliphatic carbocycles. The van der Waals surface area contributed by atoms with Crippen molar-refractivity contribution in [2.45, 2.75) is 6.36 Å². The van der Waals surface area contributed by atoms with E-state index >= 15 is 0 Å². The minimum atomic E-state index is -4.96. The lowest BCUT2D eigenvalue weighted by Gasteiger charge is -2.17. The number of alkyl halides is 3. The van der Waals surface area contributed by atoms with E-state index in [2.05, 4.69) is 4.74 Å². The third-order valence-electron chi connectivity index (χ3n) is 1.62. The van der Waals surface area contributed by atoms with Gasteiger partial charge in [-0.25, -0.2) is 4.79 Å². The van der Waals surface area contributed by atoms with Crippen LogP contribution in [0.5, 0.6) is 0 Å². The van der Waals surface area contributed by atoms with Gasteiger partial charge < -0.3 is 4.74 Å². The first kappa shape index (κ1) is 11.4. The van der Waals surface area contributed by atoms with Gasteiger partial charge in [0.25, 0.3) is 0 Å². The molecule has 3 nitrogen and oxygen atoms in total. The lowest BCUT2D eigenvalue weighted by molar-refractivity contribution is -0.290. The standard InChI is InChI=1S/C9H8F3NO2/c1-13(7-5-3-2-4-6-7)8(14)15-9(10,11)12/h2-6H,1H3. The van der Waals surface area contributed by atoms with Crippen LogP contribution in [-0.2, 0) is 4.74 Å². The molecule has 82 valence electrons. The molecule has 0 atom stereocenters. The Hall–Kier alpha value is -1.72. The molecule has 1 aromatic rings. The van der Waals surface area contributed by atoms with Crippen molar-refractivity contribution in [3.8, 4) is 0 Å². The highest BCUT2D eigenvalue weighted by molar-refractivity contribution is 5.86. The van der Waals surface area contributed by atoms with Crippen LogP contribution in [0.3, 0.4) is 0 Å². The zero-order valence-corrected chi connectivity index (χ0v) is 7.78. The minimum Gasteiger partial charge on any atom is -0.356 e. The summed E-state index contributed by atoms with van der Waals surface area (Å²) in [5.74, 6) is 0. The number of hydrogen-bond acceptors (Lipinski definition) is 2. The van der Waals surface area contributed by atoms with Gasteiger partial charge in [-0.2, -0.15) is 0 Å². The molecule has 0 spiro atoms. The maximum atomic E-state index is 11.7. The van der Waals surface area contributed by atoms with Crippen molar-refractivity contribution < 1.29 is 22.7 Å². The quantitative estimate of drug-likeness (QED) is 0.726. The molecule has 0 saturated carbocycles. The van der Waals surface area contributed by atoms with Crippen molar-refractivity contribution in [1.82, 2.24) is 0 Å². The van der Waals surface area contributed by atoms with E-state index in [0.717, 1.165) is 4.90 Å². The maximum Gasteiger partial charge on any atom is 0.576 e. The zero-order chi connectivity index (χ0) is 11.5. The summed E-state index contributed by atoms with van der Waals surface area (Å²) in [6.07, 6.45) is -6.42. The molecule has 1 aromatic carbocycles. The van der Waals surface area contributed by atoms with Crippen molar-refractivity contribution in [3.05, 3.63) is 30.3 Å². The number of nitrogens with zero attached hydrogens (tertiary/aromatic N) is 1. The highest BCUT2D eigenvalue weighted by atomic mass is 19.4. The largest absolute Gasteiger partial charge is 0.576 e. The van der Waals surface area contributed by atoms with E-state index < -0.39 is 12.5 Å². The van der Waals surface area contributed by atoms with Crippen molar-refractivity contribution in [2.75, 3.05) is 11.9 Å². The molecule has 1 rings (SSSR count). The number of benzene rings is 1. The van der Waals surface area contributed by atoms with Gasteiger partial charge in [-0.05, 0) is 12.1 Å². The molecule has 0 aliphatic rings. The fourth-order valence-electron chi connectivity index (χ4n) is 0.924. The Labute approximate surface area is 84.1 Å². The Kier molecular flexibility index (Phi) is 3.18. The van der Waals surface area contributed by atoms with Crippen molar-refractivity contribution in [1.29, 1.82) is 0 Å². The molecule has 0 fully saturated rings. The van der Waals surface area contributed by atoms with E-state index in [9.17, 15) is 18.0 Å². The highest BCUT2D eigenvalue weighted by Crippen LogP contribution is 2.20. The summed E-state index contributed by atoms with van der Waals surface area (Å²) in [5, 5.41) is 0. The number of carbonyl (C=O) groups excluding carboxylic acids is 1. The molecule has 0 N–H and O–H groups in total. The molecule has 0 aliphatic heterocycles. The van der Waals surface area contributed by atoms with Crippen LogP contribution in [-0.4, -0.2) is 19.5 Å². The second-order valence-corrected chi connectivity index (χ2v) is 2.71. The smallest absolute Gasteiger partial charge is 0.356 e.